The minimum absolute atomic E-state index is 0.0123. The summed E-state index contributed by atoms with van der Waals surface area (Å²) in [6.45, 7) is 2.09. The number of carbonyl (C=O) groups excluding carboxylic acids is 2. The van der Waals surface area contributed by atoms with E-state index < -0.39 is 35.0 Å². The molecule has 34 heavy (non-hydrogen) atoms. The summed E-state index contributed by atoms with van der Waals surface area (Å²) in [5, 5.41) is 14.1. The minimum atomic E-state index is -1.06. The lowest BCUT2D eigenvalue weighted by molar-refractivity contribution is -0.143. The number of hydrogen-bond donors (Lipinski definition) is 3. The van der Waals surface area contributed by atoms with Crippen LogP contribution in [0.15, 0.2) is 36.4 Å². The molecule has 9 heteroatoms. The van der Waals surface area contributed by atoms with Gasteiger partial charge < -0.3 is 20.5 Å². The van der Waals surface area contributed by atoms with Crippen LogP contribution in [0.3, 0.4) is 0 Å². The van der Waals surface area contributed by atoms with Gasteiger partial charge in [0, 0.05) is 30.8 Å². The summed E-state index contributed by atoms with van der Waals surface area (Å²) in [6.07, 6.45) is 2.34. The van der Waals surface area contributed by atoms with Crippen molar-refractivity contribution in [3.05, 3.63) is 64.7 Å². The molecule has 0 saturated heterocycles. The van der Waals surface area contributed by atoms with E-state index in [0.29, 0.717) is 31.2 Å². The van der Waals surface area contributed by atoms with Crippen molar-refractivity contribution in [2.24, 2.45) is 5.92 Å². The molecule has 1 fully saturated rings. The number of nitrogens with one attached hydrogen (secondary N) is 2. The van der Waals surface area contributed by atoms with Gasteiger partial charge in [0.2, 0.25) is 0 Å². The molecule has 0 heterocycles. The highest BCUT2D eigenvalue weighted by Gasteiger charge is 2.27. The molecule has 7 nitrogen and oxygen atoms in total. The number of ether oxygens (including phenoxy) is 1. The quantitative estimate of drug-likeness (QED) is 0.481. The molecule has 1 aliphatic carbocycles. The van der Waals surface area contributed by atoms with Crippen molar-refractivity contribution in [2.45, 2.75) is 45.1 Å². The SMILES string of the molecule is CCc1ccc(C(=O)NCCNC(=O)c2c(F)cc(OC3CCC(C(=O)O)CC3)cc2F)cc1. The van der Waals surface area contributed by atoms with Gasteiger partial charge in [-0.3, -0.25) is 14.4 Å². The summed E-state index contributed by atoms with van der Waals surface area (Å²) >= 11 is 0. The monoisotopic (exact) mass is 474 g/mol. The summed E-state index contributed by atoms with van der Waals surface area (Å²) in [4.78, 5) is 35.4. The molecule has 0 aliphatic heterocycles. The Morgan fingerprint density at radius 1 is 0.941 bits per heavy atom. The van der Waals surface area contributed by atoms with Gasteiger partial charge in [0.15, 0.2) is 0 Å². The first kappa shape index (κ1) is 25.1. The summed E-state index contributed by atoms with van der Waals surface area (Å²) in [5.41, 5.74) is 0.853. The van der Waals surface area contributed by atoms with Crippen LogP contribution in [-0.2, 0) is 11.2 Å². The summed E-state index contributed by atoms with van der Waals surface area (Å²) in [5.74, 6) is -4.70. The third-order valence-corrected chi connectivity index (χ3v) is 5.89. The lowest BCUT2D eigenvalue weighted by Gasteiger charge is -2.26. The van der Waals surface area contributed by atoms with Crippen LogP contribution >= 0.6 is 0 Å². The van der Waals surface area contributed by atoms with E-state index in [1.165, 1.54) is 0 Å². The van der Waals surface area contributed by atoms with Crippen molar-refractivity contribution in [3.63, 3.8) is 0 Å². The lowest BCUT2D eigenvalue weighted by atomic mass is 9.87. The van der Waals surface area contributed by atoms with E-state index >= 15 is 0 Å². The number of aliphatic carboxylic acids is 1. The van der Waals surface area contributed by atoms with E-state index in [4.69, 9.17) is 9.84 Å². The predicted octanol–water partition coefficient (Wildman–Crippen LogP) is 3.71. The van der Waals surface area contributed by atoms with Crippen molar-refractivity contribution < 1.29 is 33.0 Å². The second-order valence-electron chi connectivity index (χ2n) is 8.25. The molecule has 0 spiro atoms. The van der Waals surface area contributed by atoms with Crippen LogP contribution < -0.4 is 15.4 Å². The van der Waals surface area contributed by atoms with Crippen molar-refractivity contribution in [1.29, 1.82) is 0 Å². The highest BCUT2D eigenvalue weighted by atomic mass is 19.1. The molecular formula is C25H28F2N2O5. The lowest BCUT2D eigenvalue weighted by Crippen LogP contribution is -2.35. The first-order valence-electron chi connectivity index (χ1n) is 11.3. The number of carboxylic acid groups (broad SMARTS) is 1. The number of rotatable bonds is 9. The number of hydrogen-bond acceptors (Lipinski definition) is 4. The number of halogens is 2. The van der Waals surface area contributed by atoms with E-state index in [-0.39, 0.29) is 30.9 Å². The second kappa shape index (κ2) is 11.6. The fourth-order valence-corrected chi connectivity index (χ4v) is 3.89. The van der Waals surface area contributed by atoms with Crippen molar-refractivity contribution >= 4 is 17.8 Å². The van der Waals surface area contributed by atoms with Gasteiger partial charge in [-0.25, -0.2) is 8.78 Å². The fourth-order valence-electron chi connectivity index (χ4n) is 3.89. The molecule has 0 aromatic heterocycles. The Kier molecular flexibility index (Phi) is 8.56. The highest BCUT2D eigenvalue weighted by Crippen LogP contribution is 2.29. The first-order chi connectivity index (χ1) is 16.3. The Bertz CT molecular complexity index is 1010. The Morgan fingerprint density at radius 3 is 2.03 bits per heavy atom. The van der Waals surface area contributed by atoms with E-state index in [1.807, 2.05) is 19.1 Å². The van der Waals surface area contributed by atoms with E-state index in [0.717, 1.165) is 24.1 Å². The first-order valence-corrected chi connectivity index (χ1v) is 11.3. The van der Waals surface area contributed by atoms with Gasteiger partial charge in [0.25, 0.3) is 11.8 Å². The molecule has 1 saturated carbocycles. The van der Waals surface area contributed by atoms with Crippen LogP contribution in [0.5, 0.6) is 5.75 Å². The van der Waals surface area contributed by atoms with Crippen molar-refractivity contribution in [2.75, 3.05) is 13.1 Å². The molecule has 1 aliphatic rings. The Labute approximate surface area is 196 Å². The number of amides is 2. The second-order valence-corrected chi connectivity index (χ2v) is 8.25. The van der Waals surface area contributed by atoms with Crippen LogP contribution in [0.25, 0.3) is 0 Å². The molecule has 0 atom stereocenters. The highest BCUT2D eigenvalue weighted by molar-refractivity contribution is 5.95. The van der Waals surface area contributed by atoms with E-state index in [9.17, 15) is 23.2 Å². The smallest absolute Gasteiger partial charge is 0.306 e. The van der Waals surface area contributed by atoms with Gasteiger partial charge in [-0.05, 0) is 49.8 Å². The third-order valence-electron chi connectivity index (χ3n) is 5.89. The minimum Gasteiger partial charge on any atom is -0.490 e. The standard InChI is InChI=1S/C25H28F2N2O5/c1-2-15-3-5-16(6-4-15)23(30)28-11-12-29-24(31)22-20(26)13-19(14-21(22)27)34-18-9-7-17(8-10-18)25(32)33/h3-6,13-14,17-18H,2,7-12H2,1H3,(H,28,30)(H,29,31)(H,32,33). The molecule has 182 valence electrons. The average Bonchev–Trinajstić information content (AvgIpc) is 2.81. The zero-order chi connectivity index (χ0) is 24.7. The zero-order valence-electron chi connectivity index (χ0n) is 18.9. The zero-order valence-corrected chi connectivity index (χ0v) is 18.9. The molecule has 3 rings (SSSR count). The number of carbonyl (C=O) groups is 3. The molecule has 0 unspecified atom stereocenters. The van der Waals surface area contributed by atoms with Crippen LogP contribution in [0.4, 0.5) is 8.78 Å². The predicted molar refractivity (Wildman–Crippen MR) is 121 cm³/mol. The van der Waals surface area contributed by atoms with Crippen LogP contribution in [-0.4, -0.2) is 42.1 Å². The van der Waals surface area contributed by atoms with Crippen LogP contribution in [0.2, 0.25) is 0 Å². The maximum Gasteiger partial charge on any atom is 0.306 e. The summed E-state index contributed by atoms with van der Waals surface area (Å²) in [7, 11) is 0. The van der Waals surface area contributed by atoms with Gasteiger partial charge in [0.1, 0.15) is 22.9 Å². The van der Waals surface area contributed by atoms with Crippen molar-refractivity contribution in [1.82, 2.24) is 10.6 Å². The Hall–Kier alpha value is -3.49. The van der Waals surface area contributed by atoms with Crippen LogP contribution in [0.1, 0.15) is 58.9 Å². The summed E-state index contributed by atoms with van der Waals surface area (Å²) in [6, 6.07) is 9.03. The largest absolute Gasteiger partial charge is 0.490 e. The Morgan fingerprint density at radius 2 is 1.50 bits per heavy atom. The molecule has 2 aromatic carbocycles. The Balaban J connectivity index is 1.49. The fraction of sp³-hybridized carbons (Fsp3) is 0.400. The number of aryl methyl sites for hydroxylation is 1. The number of benzene rings is 2. The van der Waals surface area contributed by atoms with Gasteiger partial charge in [0.05, 0.1) is 12.0 Å². The maximum atomic E-state index is 14.5. The molecule has 3 N–H and O–H groups in total. The number of carboxylic acids is 1. The average molecular weight is 475 g/mol. The molecule has 0 bridgehead atoms. The van der Waals surface area contributed by atoms with E-state index in [1.54, 1.807) is 12.1 Å². The van der Waals surface area contributed by atoms with Crippen LogP contribution in [0, 0.1) is 17.6 Å². The normalized spacial score (nSPS) is 17.6. The molecule has 0 radical (unpaired) electrons. The topological polar surface area (TPSA) is 105 Å². The summed E-state index contributed by atoms with van der Waals surface area (Å²) < 4.78 is 34.6. The third kappa shape index (κ3) is 6.52. The van der Waals surface area contributed by atoms with Gasteiger partial charge in [-0.1, -0.05) is 19.1 Å². The molecule has 2 aromatic rings. The van der Waals surface area contributed by atoms with Crippen molar-refractivity contribution in [3.8, 4) is 5.75 Å². The van der Waals surface area contributed by atoms with E-state index in [2.05, 4.69) is 10.6 Å². The van der Waals surface area contributed by atoms with Gasteiger partial charge in [-0.2, -0.15) is 0 Å². The maximum absolute atomic E-state index is 14.5. The molecular weight excluding hydrogens is 446 g/mol. The van der Waals surface area contributed by atoms with Gasteiger partial charge >= 0.3 is 5.97 Å². The van der Waals surface area contributed by atoms with Gasteiger partial charge in [-0.15, -0.1) is 0 Å². The molecule has 2 amide bonds.